The number of benzene rings is 2. The van der Waals surface area contributed by atoms with Crippen LogP contribution in [0.5, 0.6) is 5.75 Å². The van der Waals surface area contributed by atoms with Gasteiger partial charge in [-0.1, -0.05) is 17.8 Å². The third kappa shape index (κ3) is 4.72. The number of oxazole rings is 1. The van der Waals surface area contributed by atoms with Crippen LogP contribution in [0.4, 0.5) is 5.69 Å². The zero-order valence-electron chi connectivity index (χ0n) is 17.1. The molecule has 5 rings (SSSR count). The van der Waals surface area contributed by atoms with Crippen LogP contribution in [0.25, 0.3) is 21.9 Å². The molecule has 12 heteroatoms. The molecule has 0 fully saturated rings. The molecule has 5 aromatic rings. The number of nitrogens with one attached hydrogen (secondary N) is 1. The summed E-state index contributed by atoms with van der Waals surface area (Å²) in [5.74, 6) is 1.92. The fourth-order valence-corrected chi connectivity index (χ4v) is 5.32. The maximum Gasteiger partial charge on any atom is 0.261 e. The molecule has 0 aliphatic rings. The van der Waals surface area contributed by atoms with Gasteiger partial charge in [0.05, 0.1) is 22.6 Å². The maximum atomic E-state index is 12.8. The number of aromatic nitrogens is 3. The van der Waals surface area contributed by atoms with Crippen molar-refractivity contribution in [1.82, 2.24) is 15.2 Å². The van der Waals surface area contributed by atoms with Gasteiger partial charge >= 0.3 is 0 Å². The summed E-state index contributed by atoms with van der Waals surface area (Å²) in [4.78, 5) is 5.37. The number of ether oxygens (including phenoxy) is 1. The van der Waals surface area contributed by atoms with E-state index in [9.17, 15) is 8.42 Å². The third-order valence-electron chi connectivity index (χ3n) is 4.51. The quantitative estimate of drug-likeness (QED) is 0.292. The summed E-state index contributed by atoms with van der Waals surface area (Å²) in [7, 11) is -2.26. The number of anilines is 1. The van der Waals surface area contributed by atoms with Crippen molar-refractivity contribution in [3.05, 3.63) is 65.9 Å². The molecule has 0 bridgehead atoms. The molecular formula is C21H16N4O5S3. The summed E-state index contributed by atoms with van der Waals surface area (Å²) in [5, 5.41) is 10.4. The average molecular weight is 501 g/mol. The Labute approximate surface area is 196 Å². The van der Waals surface area contributed by atoms with Crippen LogP contribution in [0.3, 0.4) is 0 Å². The van der Waals surface area contributed by atoms with Crippen molar-refractivity contribution >= 4 is 49.9 Å². The molecule has 0 saturated carbocycles. The van der Waals surface area contributed by atoms with E-state index in [-0.39, 0.29) is 4.90 Å². The van der Waals surface area contributed by atoms with Crippen molar-refractivity contribution in [3.8, 4) is 16.5 Å². The minimum atomic E-state index is -3.80. The Balaban J connectivity index is 1.30. The van der Waals surface area contributed by atoms with Crippen LogP contribution in [-0.4, -0.2) is 30.7 Å². The molecule has 3 aromatic heterocycles. The van der Waals surface area contributed by atoms with Crippen molar-refractivity contribution < 1.29 is 22.0 Å². The van der Waals surface area contributed by atoms with E-state index in [1.807, 2.05) is 17.5 Å². The molecule has 0 radical (unpaired) electrons. The summed E-state index contributed by atoms with van der Waals surface area (Å²) in [6, 6.07) is 14.9. The van der Waals surface area contributed by atoms with Crippen molar-refractivity contribution in [1.29, 1.82) is 0 Å². The van der Waals surface area contributed by atoms with Gasteiger partial charge in [0.25, 0.3) is 21.1 Å². The van der Waals surface area contributed by atoms with E-state index < -0.39 is 10.0 Å². The van der Waals surface area contributed by atoms with Crippen molar-refractivity contribution in [2.24, 2.45) is 0 Å². The molecule has 0 atom stereocenters. The Morgan fingerprint density at radius 3 is 2.70 bits per heavy atom. The van der Waals surface area contributed by atoms with Crippen LogP contribution >= 0.6 is 23.1 Å². The molecule has 2 aromatic carbocycles. The summed E-state index contributed by atoms with van der Waals surface area (Å²) in [6.07, 6.45) is 0. The zero-order chi connectivity index (χ0) is 22.8. The van der Waals surface area contributed by atoms with Gasteiger partial charge in [0.15, 0.2) is 5.58 Å². The summed E-state index contributed by atoms with van der Waals surface area (Å²) in [5.41, 5.74) is 1.33. The molecule has 0 unspecified atom stereocenters. The molecule has 0 aliphatic heterocycles. The van der Waals surface area contributed by atoms with E-state index in [1.165, 1.54) is 35.2 Å². The molecule has 9 nitrogen and oxygen atoms in total. The van der Waals surface area contributed by atoms with E-state index in [4.69, 9.17) is 13.6 Å². The molecule has 33 heavy (non-hydrogen) atoms. The van der Waals surface area contributed by atoms with Gasteiger partial charge in [-0.25, -0.2) is 13.4 Å². The van der Waals surface area contributed by atoms with Gasteiger partial charge in [-0.15, -0.1) is 21.5 Å². The molecule has 168 valence electrons. The van der Waals surface area contributed by atoms with Gasteiger partial charge in [-0.2, -0.15) is 0 Å². The van der Waals surface area contributed by atoms with E-state index in [0.29, 0.717) is 45.3 Å². The lowest BCUT2D eigenvalue weighted by atomic mass is 10.3. The first-order valence-corrected chi connectivity index (χ1v) is 12.9. The van der Waals surface area contributed by atoms with Crippen LogP contribution in [0.1, 0.15) is 5.89 Å². The van der Waals surface area contributed by atoms with E-state index in [0.717, 1.165) is 4.88 Å². The predicted molar refractivity (Wildman–Crippen MR) is 125 cm³/mol. The highest BCUT2D eigenvalue weighted by Crippen LogP contribution is 2.29. The average Bonchev–Trinajstić information content (AvgIpc) is 3.57. The second kappa shape index (κ2) is 8.89. The van der Waals surface area contributed by atoms with Gasteiger partial charge in [0.2, 0.25) is 5.89 Å². The van der Waals surface area contributed by atoms with Crippen molar-refractivity contribution in [3.63, 3.8) is 0 Å². The van der Waals surface area contributed by atoms with E-state index in [2.05, 4.69) is 19.9 Å². The van der Waals surface area contributed by atoms with Gasteiger partial charge in [0, 0.05) is 5.69 Å². The summed E-state index contributed by atoms with van der Waals surface area (Å²) in [6.45, 7) is 0. The number of methoxy groups -OCH3 is 1. The Kier molecular flexibility index (Phi) is 5.79. The van der Waals surface area contributed by atoms with Crippen LogP contribution in [0.2, 0.25) is 0 Å². The Hall–Kier alpha value is -3.35. The van der Waals surface area contributed by atoms with E-state index >= 15 is 0 Å². The zero-order valence-corrected chi connectivity index (χ0v) is 19.5. The molecule has 0 aliphatic carbocycles. The standard InChI is InChI=1S/C21H16N4O5S3/c1-28-14-6-4-13(5-7-14)25-33(26,27)15-8-9-17-16(11-15)22-21(29-17)32-12-19-23-24-20(30-19)18-3-2-10-31-18/h2-11,25H,12H2,1H3. The number of hydrogen-bond acceptors (Lipinski definition) is 10. The Morgan fingerprint density at radius 1 is 1.09 bits per heavy atom. The van der Waals surface area contributed by atoms with Crippen LogP contribution in [0, 0.1) is 0 Å². The highest BCUT2D eigenvalue weighted by atomic mass is 32.2. The molecule has 3 heterocycles. The highest BCUT2D eigenvalue weighted by Gasteiger charge is 2.18. The van der Waals surface area contributed by atoms with Crippen LogP contribution in [0.15, 0.2) is 78.9 Å². The summed E-state index contributed by atoms with van der Waals surface area (Å²) >= 11 is 2.80. The normalized spacial score (nSPS) is 11.7. The highest BCUT2D eigenvalue weighted by molar-refractivity contribution is 7.98. The minimum absolute atomic E-state index is 0.0770. The molecular weight excluding hydrogens is 484 g/mol. The smallest absolute Gasteiger partial charge is 0.261 e. The molecule has 1 N–H and O–H groups in total. The van der Waals surface area contributed by atoms with Gasteiger partial charge in [-0.05, 0) is 53.9 Å². The first-order chi connectivity index (χ1) is 16.0. The largest absolute Gasteiger partial charge is 0.497 e. The Morgan fingerprint density at radius 2 is 1.94 bits per heavy atom. The lowest BCUT2D eigenvalue weighted by molar-refractivity contribution is 0.415. The van der Waals surface area contributed by atoms with Crippen LogP contribution < -0.4 is 9.46 Å². The summed E-state index contributed by atoms with van der Waals surface area (Å²) < 4.78 is 44.6. The second-order valence-electron chi connectivity index (χ2n) is 6.71. The Bertz CT molecular complexity index is 1490. The van der Waals surface area contributed by atoms with Gasteiger partial charge in [0.1, 0.15) is 11.3 Å². The predicted octanol–water partition coefficient (Wildman–Crippen LogP) is 5.04. The first-order valence-electron chi connectivity index (χ1n) is 9.57. The minimum Gasteiger partial charge on any atom is -0.497 e. The van der Waals surface area contributed by atoms with Gasteiger partial charge in [-0.3, -0.25) is 4.72 Å². The fraction of sp³-hybridized carbons (Fsp3) is 0.0952. The number of fused-ring (bicyclic) bond motifs is 1. The number of hydrogen-bond donors (Lipinski definition) is 1. The molecule has 0 saturated heterocycles. The number of thiophene rings is 1. The second-order valence-corrected chi connectivity index (χ2v) is 10.3. The number of thioether (sulfide) groups is 1. The third-order valence-corrected chi connectivity index (χ3v) is 7.56. The first kappa shape index (κ1) is 21.5. The maximum absolute atomic E-state index is 12.8. The number of rotatable bonds is 8. The van der Waals surface area contributed by atoms with Crippen molar-refractivity contribution in [2.75, 3.05) is 11.8 Å². The SMILES string of the molecule is COc1ccc(NS(=O)(=O)c2ccc3oc(SCc4nnc(-c5cccs5)o4)nc3c2)cc1. The molecule has 0 amide bonds. The lowest BCUT2D eigenvalue weighted by Gasteiger charge is -2.08. The van der Waals surface area contributed by atoms with Crippen molar-refractivity contribution in [2.45, 2.75) is 15.9 Å². The monoisotopic (exact) mass is 500 g/mol. The lowest BCUT2D eigenvalue weighted by Crippen LogP contribution is -2.12. The number of nitrogens with zero attached hydrogens (tertiary/aromatic N) is 3. The fourth-order valence-electron chi connectivity index (χ4n) is 2.92. The van der Waals surface area contributed by atoms with Gasteiger partial charge < -0.3 is 13.6 Å². The molecule has 0 spiro atoms. The topological polar surface area (TPSA) is 120 Å². The number of sulfonamides is 1. The van der Waals surface area contributed by atoms with Crippen LogP contribution in [-0.2, 0) is 15.8 Å². The van der Waals surface area contributed by atoms with E-state index in [1.54, 1.807) is 37.4 Å².